The van der Waals surface area contributed by atoms with Crippen LogP contribution in [-0.2, 0) is 0 Å². The van der Waals surface area contributed by atoms with Crippen molar-refractivity contribution in [2.24, 2.45) is 5.92 Å². The Kier molecular flexibility index (Phi) is 3.83. The van der Waals surface area contributed by atoms with Gasteiger partial charge in [-0.05, 0) is 38.5 Å². The quantitative estimate of drug-likeness (QED) is 0.645. The lowest BCUT2D eigenvalue weighted by Crippen LogP contribution is -2.38. The predicted molar refractivity (Wildman–Crippen MR) is 58.6 cm³/mol. The Hall–Kier alpha value is -0.460. The van der Waals surface area contributed by atoms with Gasteiger partial charge in [-0.25, -0.2) is 0 Å². The van der Waals surface area contributed by atoms with Crippen molar-refractivity contribution in [1.29, 1.82) is 0 Å². The number of nitrogens with zero attached hydrogens (tertiary/aromatic N) is 1. The van der Waals surface area contributed by atoms with Crippen molar-refractivity contribution >= 4 is 0 Å². The SMILES string of the molecule is C=C([C@@H](C)CC)N1CCCC[C@H]1C. The van der Waals surface area contributed by atoms with Crippen molar-refractivity contribution in [2.45, 2.75) is 52.5 Å². The van der Waals surface area contributed by atoms with Crippen LogP contribution in [0.3, 0.4) is 0 Å². The maximum Gasteiger partial charge on any atom is 0.0258 e. The molecule has 1 heterocycles. The smallest absolute Gasteiger partial charge is 0.0258 e. The number of piperidine rings is 1. The summed E-state index contributed by atoms with van der Waals surface area (Å²) in [7, 11) is 0. The lowest BCUT2D eigenvalue weighted by atomic mass is 9.98. The zero-order valence-corrected chi connectivity index (χ0v) is 9.34. The number of rotatable bonds is 3. The molecule has 1 nitrogen and oxygen atoms in total. The predicted octanol–water partition coefficient (Wildman–Crippen LogP) is 3.42. The second-order valence-corrected chi connectivity index (χ2v) is 4.34. The van der Waals surface area contributed by atoms with Gasteiger partial charge in [-0.1, -0.05) is 20.4 Å². The maximum absolute atomic E-state index is 4.23. The third-order valence-electron chi connectivity index (χ3n) is 3.35. The van der Waals surface area contributed by atoms with Gasteiger partial charge in [0.25, 0.3) is 0 Å². The summed E-state index contributed by atoms with van der Waals surface area (Å²) in [4.78, 5) is 2.51. The minimum Gasteiger partial charge on any atom is -0.372 e. The van der Waals surface area contributed by atoms with Gasteiger partial charge >= 0.3 is 0 Å². The first-order valence-corrected chi connectivity index (χ1v) is 5.62. The van der Waals surface area contributed by atoms with Crippen LogP contribution in [0, 0.1) is 5.92 Å². The highest BCUT2D eigenvalue weighted by Gasteiger charge is 2.21. The van der Waals surface area contributed by atoms with E-state index in [1.807, 2.05) is 0 Å². The average Bonchev–Trinajstić information content (AvgIpc) is 2.16. The molecule has 2 atom stereocenters. The largest absolute Gasteiger partial charge is 0.372 e. The molecular weight excluding hydrogens is 158 g/mol. The minimum absolute atomic E-state index is 0.653. The second-order valence-electron chi connectivity index (χ2n) is 4.34. The topological polar surface area (TPSA) is 3.24 Å². The molecule has 0 spiro atoms. The molecule has 1 heteroatoms. The van der Waals surface area contributed by atoms with E-state index in [-0.39, 0.29) is 0 Å². The van der Waals surface area contributed by atoms with Crippen molar-refractivity contribution in [3.63, 3.8) is 0 Å². The summed E-state index contributed by atoms with van der Waals surface area (Å²) in [5, 5.41) is 0. The van der Waals surface area contributed by atoms with Gasteiger partial charge in [0, 0.05) is 18.3 Å². The molecule has 1 fully saturated rings. The maximum atomic E-state index is 4.23. The van der Waals surface area contributed by atoms with Gasteiger partial charge in [0.05, 0.1) is 0 Å². The van der Waals surface area contributed by atoms with Crippen LogP contribution in [0.4, 0.5) is 0 Å². The monoisotopic (exact) mass is 181 g/mol. The van der Waals surface area contributed by atoms with Crippen LogP contribution in [-0.4, -0.2) is 17.5 Å². The van der Waals surface area contributed by atoms with Crippen LogP contribution < -0.4 is 0 Å². The minimum atomic E-state index is 0.653. The second kappa shape index (κ2) is 4.69. The third-order valence-corrected chi connectivity index (χ3v) is 3.35. The Balaban J connectivity index is 2.53. The molecule has 0 bridgehead atoms. The van der Waals surface area contributed by atoms with Crippen molar-refractivity contribution in [3.05, 3.63) is 12.3 Å². The molecule has 0 aromatic carbocycles. The summed E-state index contributed by atoms with van der Waals surface area (Å²) in [5.41, 5.74) is 1.36. The molecule has 1 rings (SSSR count). The van der Waals surface area contributed by atoms with Crippen LogP contribution in [0.1, 0.15) is 46.5 Å². The number of likely N-dealkylation sites (tertiary alicyclic amines) is 1. The first-order chi connectivity index (χ1) is 6.16. The number of allylic oxidation sites excluding steroid dienone is 1. The fourth-order valence-corrected chi connectivity index (χ4v) is 2.04. The highest BCUT2D eigenvalue weighted by molar-refractivity contribution is 5.01. The van der Waals surface area contributed by atoms with E-state index in [1.54, 1.807) is 0 Å². The molecule has 13 heavy (non-hydrogen) atoms. The van der Waals surface area contributed by atoms with E-state index in [4.69, 9.17) is 0 Å². The third kappa shape index (κ3) is 2.49. The van der Waals surface area contributed by atoms with Crippen molar-refractivity contribution < 1.29 is 0 Å². The fourth-order valence-electron chi connectivity index (χ4n) is 2.04. The molecule has 76 valence electrons. The molecule has 0 amide bonds. The van der Waals surface area contributed by atoms with Crippen LogP contribution in [0.5, 0.6) is 0 Å². The summed E-state index contributed by atoms with van der Waals surface area (Å²) in [5.74, 6) is 0.653. The highest BCUT2D eigenvalue weighted by atomic mass is 15.2. The first kappa shape index (κ1) is 10.6. The van der Waals surface area contributed by atoms with Crippen molar-refractivity contribution in [2.75, 3.05) is 6.54 Å². The van der Waals surface area contributed by atoms with Gasteiger partial charge in [0.2, 0.25) is 0 Å². The van der Waals surface area contributed by atoms with E-state index in [0.29, 0.717) is 5.92 Å². The molecule has 0 N–H and O–H groups in total. The van der Waals surface area contributed by atoms with Crippen LogP contribution in [0.25, 0.3) is 0 Å². The van der Waals surface area contributed by atoms with E-state index < -0.39 is 0 Å². The van der Waals surface area contributed by atoms with Gasteiger partial charge < -0.3 is 4.90 Å². The summed E-state index contributed by atoms with van der Waals surface area (Å²) in [6.45, 7) is 12.3. The Labute approximate surface area is 82.8 Å². The molecule has 0 saturated carbocycles. The molecule has 0 unspecified atom stereocenters. The summed E-state index contributed by atoms with van der Waals surface area (Å²) in [6.07, 6.45) is 5.29. The Morgan fingerprint density at radius 2 is 2.23 bits per heavy atom. The molecular formula is C12H23N. The van der Waals surface area contributed by atoms with Gasteiger partial charge in [-0.3, -0.25) is 0 Å². The molecule has 0 radical (unpaired) electrons. The highest BCUT2D eigenvalue weighted by Crippen LogP contribution is 2.25. The van der Waals surface area contributed by atoms with Gasteiger partial charge in [-0.2, -0.15) is 0 Å². The molecule has 0 aromatic heterocycles. The van der Waals surface area contributed by atoms with E-state index in [1.165, 1.54) is 37.9 Å². The molecule has 1 aliphatic rings. The normalized spacial score (nSPS) is 25.8. The van der Waals surface area contributed by atoms with E-state index in [0.717, 1.165) is 6.04 Å². The Morgan fingerprint density at radius 3 is 2.77 bits per heavy atom. The standard InChI is InChI=1S/C12H23N/c1-5-10(2)12(4)13-9-7-6-8-11(13)3/h10-11H,4-9H2,1-3H3/t10-,11+/m0/s1. The zero-order valence-electron chi connectivity index (χ0n) is 9.34. The molecule has 1 saturated heterocycles. The summed E-state index contributed by atoms with van der Waals surface area (Å²) < 4.78 is 0. The Morgan fingerprint density at radius 1 is 1.54 bits per heavy atom. The Bertz CT molecular complexity index is 174. The summed E-state index contributed by atoms with van der Waals surface area (Å²) in [6, 6.07) is 0.718. The number of hydrogen-bond acceptors (Lipinski definition) is 1. The van der Waals surface area contributed by atoms with E-state index in [2.05, 4.69) is 32.3 Å². The molecule has 0 aromatic rings. The first-order valence-electron chi connectivity index (χ1n) is 5.62. The van der Waals surface area contributed by atoms with Crippen molar-refractivity contribution in [3.8, 4) is 0 Å². The van der Waals surface area contributed by atoms with Gasteiger partial charge in [-0.15, -0.1) is 0 Å². The van der Waals surface area contributed by atoms with Gasteiger partial charge in [0.1, 0.15) is 0 Å². The van der Waals surface area contributed by atoms with Gasteiger partial charge in [0.15, 0.2) is 0 Å². The molecule has 1 aliphatic heterocycles. The summed E-state index contributed by atoms with van der Waals surface area (Å²) >= 11 is 0. The van der Waals surface area contributed by atoms with E-state index >= 15 is 0 Å². The van der Waals surface area contributed by atoms with Crippen LogP contribution in [0.15, 0.2) is 12.3 Å². The average molecular weight is 181 g/mol. The zero-order chi connectivity index (χ0) is 9.84. The number of hydrogen-bond donors (Lipinski definition) is 0. The van der Waals surface area contributed by atoms with Crippen molar-refractivity contribution in [1.82, 2.24) is 4.90 Å². The molecule has 0 aliphatic carbocycles. The lowest BCUT2D eigenvalue weighted by Gasteiger charge is -2.38. The van der Waals surface area contributed by atoms with Crippen LogP contribution >= 0.6 is 0 Å². The van der Waals surface area contributed by atoms with Crippen LogP contribution in [0.2, 0.25) is 0 Å². The fraction of sp³-hybridized carbons (Fsp3) is 0.833. The lowest BCUT2D eigenvalue weighted by molar-refractivity contribution is 0.189. The van der Waals surface area contributed by atoms with E-state index in [9.17, 15) is 0 Å².